The van der Waals surface area contributed by atoms with Gasteiger partial charge in [-0.2, -0.15) is 0 Å². The van der Waals surface area contributed by atoms with Crippen LogP contribution in [0.25, 0.3) is 0 Å². The first kappa shape index (κ1) is 11.8. The second kappa shape index (κ2) is 5.01. The molecule has 0 saturated heterocycles. The van der Waals surface area contributed by atoms with Gasteiger partial charge in [0.05, 0.1) is 11.1 Å². The Bertz CT molecular complexity index is 444. The van der Waals surface area contributed by atoms with Crippen LogP contribution in [0, 0.1) is 0 Å². The van der Waals surface area contributed by atoms with E-state index in [1.165, 1.54) is 18.2 Å². The predicted octanol–water partition coefficient (Wildman–Crippen LogP) is -1.29. The maximum Gasteiger partial charge on any atom is 0.266 e. The third-order valence-corrected chi connectivity index (χ3v) is 1.96. The number of nitrogens with one attached hydrogen (secondary N) is 2. The first-order valence-corrected chi connectivity index (χ1v) is 4.25. The molecule has 0 bridgehead atoms. The number of amides is 2. The third kappa shape index (κ3) is 2.05. The van der Waals surface area contributed by atoms with Gasteiger partial charge in [-0.3, -0.25) is 25.2 Å². The Kier molecular flexibility index (Phi) is 3.70. The van der Waals surface area contributed by atoms with Crippen LogP contribution in [0.2, 0.25) is 0 Å². The lowest BCUT2D eigenvalue weighted by Crippen LogP contribution is -2.36. The second-order valence-corrected chi connectivity index (χ2v) is 2.83. The van der Waals surface area contributed by atoms with E-state index in [-0.39, 0.29) is 16.7 Å². The summed E-state index contributed by atoms with van der Waals surface area (Å²) in [5.74, 6) is 8.50. The Hall–Kier alpha value is -2.25. The smallest absolute Gasteiger partial charge is 0.266 e. The summed E-state index contributed by atoms with van der Waals surface area (Å²) in [6.07, 6.45) is 0.456. The molecule has 6 N–H and O–H groups in total. The molecule has 1 rings (SSSR count). The number of rotatable bonds is 3. The van der Waals surface area contributed by atoms with E-state index in [9.17, 15) is 14.4 Å². The maximum absolute atomic E-state index is 11.4. The van der Waals surface area contributed by atoms with Crippen LogP contribution < -0.4 is 22.5 Å². The van der Waals surface area contributed by atoms with E-state index in [1.807, 2.05) is 10.9 Å². The Balaban J connectivity index is 3.43. The standard InChI is InChI=1S/C9H10N4O3/c10-12-8(15)6-3-1-2-5(4-14)7(6)9(16)13-11/h1-4H,10-11H2,(H,12,15)(H,13,16). The zero-order chi connectivity index (χ0) is 12.1. The van der Waals surface area contributed by atoms with Gasteiger partial charge in [0.15, 0.2) is 6.29 Å². The molecule has 1 aromatic carbocycles. The Morgan fingerprint density at radius 1 is 1.12 bits per heavy atom. The van der Waals surface area contributed by atoms with Crippen molar-refractivity contribution in [1.82, 2.24) is 10.9 Å². The van der Waals surface area contributed by atoms with E-state index in [0.29, 0.717) is 6.29 Å². The molecule has 7 nitrogen and oxygen atoms in total. The number of aldehydes is 1. The molecule has 0 aliphatic heterocycles. The molecule has 0 saturated carbocycles. The van der Waals surface area contributed by atoms with Crippen molar-refractivity contribution in [3.05, 3.63) is 34.9 Å². The van der Waals surface area contributed by atoms with Crippen molar-refractivity contribution in [3.63, 3.8) is 0 Å². The van der Waals surface area contributed by atoms with Gasteiger partial charge in [-0.1, -0.05) is 12.1 Å². The van der Waals surface area contributed by atoms with Crippen molar-refractivity contribution >= 4 is 18.1 Å². The summed E-state index contributed by atoms with van der Waals surface area (Å²) < 4.78 is 0. The van der Waals surface area contributed by atoms with Gasteiger partial charge in [0.2, 0.25) is 0 Å². The Labute approximate surface area is 90.7 Å². The van der Waals surface area contributed by atoms with Crippen LogP contribution in [0.5, 0.6) is 0 Å². The number of benzene rings is 1. The van der Waals surface area contributed by atoms with Crippen LogP contribution in [0.3, 0.4) is 0 Å². The molecule has 0 aromatic heterocycles. The molecule has 7 heteroatoms. The third-order valence-electron chi connectivity index (χ3n) is 1.96. The first-order chi connectivity index (χ1) is 7.65. The van der Waals surface area contributed by atoms with Gasteiger partial charge >= 0.3 is 0 Å². The van der Waals surface area contributed by atoms with Crippen LogP contribution in [0.1, 0.15) is 31.1 Å². The molecule has 2 amide bonds. The quantitative estimate of drug-likeness (QED) is 0.219. The van der Waals surface area contributed by atoms with Gasteiger partial charge in [-0.25, -0.2) is 11.7 Å². The van der Waals surface area contributed by atoms with Crippen LogP contribution in [-0.4, -0.2) is 18.1 Å². The predicted molar refractivity (Wildman–Crippen MR) is 55.1 cm³/mol. The number of carbonyl (C=O) groups is 3. The largest absolute Gasteiger partial charge is 0.298 e. The first-order valence-electron chi connectivity index (χ1n) is 4.25. The molecule has 0 aliphatic carbocycles. The minimum Gasteiger partial charge on any atom is -0.298 e. The zero-order valence-corrected chi connectivity index (χ0v) is 8.19. The summed E-state index contributed by atoms with van der Waals surface area (Å²) in [6, 6.07) is 4.21. The summed E-state index contributed by atoms with van der Waals surface area (Å²) >= 11 is 0. The Morgan fingerprint density at radius 3 is 2.25 bits per heavy atom. The minimum atomic E-state index is -0.735. The van der Waals surface area contributed by atoms with Crippen molar-refractivity contribution in [1.29, 1.82) is 0 Å². The van der Waals surface area contributed by atoms with Crippen LogP contribution in [-0.2, 0) is 0 Å². The highest BCUT2D eigenvalue weighted by molar-refractivity contribution is 6.10. The number of nitrogens with two attached hydrogens (primary N) is 2. The SMILES string of the molecule is NNC(=O)c1cccc(C=O)c1C(=O)NN. The topological polar surface area (TPSA) is 127 Å². The van der Waals surface area contributed by atoms with Crippen molar-refractivity contribution in [2.75, 3.05) is 0 Å². The summed E-state index contributed by atoms with van der Waals surface area (Å²) in [4.78, 5) is 33.5. The molecule has 0 spiro atoms. The average molecular weight is 222 g/mol. The summed E-state index contributed by atoms with van der Waals surface area (Å²) in [6.45, 7) is 0. The van der Waals surface area contributed by atoms with E-state index in [4.69, 9.17) is 11.7 Å². The molecular formula is C9H10N4O3. The summed E-state index contributed by atoms with van der Waals surface area (Å²) in [5.41, 5.74) is 3.67. The van der Waals surface area contributed by atoms with Crippen molar-refractivity contribution < 1.29 is 14.4 Å². The number of hydrogen-bond donors (Lipinski definition) is 4. The van der Waals surface area contributed by atoms with Crippen molar-refractivity contribution in [2.24, 2.45) is 11.7 Å². The van der Waals surface area contributed by atoms with Gasteiger partial charge < -0.3 is 0 Å². The molecule has 0 aliphatic rings. The second-order valence-electron chi connectivity index (χ2n) is 2.83. The van der Waals surface area contributed by atoms with Gasteiger partial charge in [0.1, 0.15) is 0 Å². The lowest BCUT2D eigenvalue weighted by Gasteiger charge is -2.08. The van der Waals surface area contributed by atoms with Crippen molar-refractivity contribution in [3.8, 4) is 0 Å². The molecule has 1 aromatic rings. The van der Waals surface area contributed by atoms with Gasteiger partial charge in [0.25, 0.3) is 11.8 Å². The van der Waals surface area contributed by atoms with E-state index in [0.717, 1.165) is 0 Å². The van der Waals surface area contributed by atoms with Crippen molar-refractivity contribution in [2.45, 2.75) is 0 Å². The lowest BCUT2D eigenvalue weighted by molar-refractivity contribution is 0.0917. The highest BCUT2D eigenvalue weighted by atomic mass is 16.2. The fraction of sp³-hybridized carbons (Fsp3) is 0. The normalized spacial score (nSPS) is 9.38. The summed E-state index contributed by atoms with van der Waals surface area (Å²) in [5, 5.41) is 0. The molecular weight excluding hydrogens is 212 g/mol. The van der Waals surface area contributed by atoms with Crippen LogP contribution in [0.4, 0.5) is 0 Å². The monoisotopic (exact) mass is 222 g/mol. The van der Waals surface area contributed by atoms with Gasteiger partial charge in [0, 0.05) is 5.56 Å². The van der Waals surface area contributed by atoms with E-state index >= 15 is 0 Å². The highest BCUT2D eigenvalue weighted by Crippen LogP contribution is 2.13. The number of hydrazine groups is 2. The molecule has 0 heterocycles. The van der Waals surface area contributed by atoms with Crippen LogP contribution in [0.15, 0.2) is 18.2 Å². The molecule has 0 fully saturated rings. The van der Waals surface area contributed by atoms with Crippen LogP contribution >= 0.6 is 0 Å². The number of carbonyl (C=O) groups excluding carboxylic acids is 3. The molecule has 0 unspecified atom stereocenters. The molecule has 16 heavy (non-hydrogen) atoms. The van der Waals surface area contributed by atoms with E-state index < -0.39 is 11.8 Å². The fourth-order valence-electron chi connectivity index (χ4n) is 1.26. The van der Waals surface area contributed by atoms with Gasteiger partial charge in [-0.05, 0) is 6.07 Å². The van der Waals surface area contributed by atoms with E-state index in [1.54, 1.807) is 0 Å². The fourth-order valence-corrected chi connectivity index (χ4v) is 1.26. The molecule has 84 valence electrons. The number of hydrogen-bond acceptors (Lipinski definition) is 5. The van der Waals surface area contributed by atoms with E-state index in [2.05, 4.69) is 0 Å². The molecule has 0 radical (unpaired) electrons. The molecule has 0 atom stereocenters. The average Bonchev–Trinajstić information content (AvgIpc) is 2.35. The zero-order valence-electron chi connectivity index (χ0n) is 8.19. The lowest BCUT2D eigenvalue weighted by atomic mass is 10.0. The summed E-state index contributed by atoms with van der Waals surface area (Å²) in [7, 11) is 0. The Morgan fingerprint density at radius 2 is 1.75 bits per heavy atom. The van der Waals surface area contributed by atoms with Gasteiger partial charge in [-0.15, -0.1) is 0 Å². The maximum atomic E-state index is 11.4. The number of nitrogen functional groups attached to an aromatic ring is 2. The highest BCUT2D eigenvalue weighted by Gasteiger charge is 2.19. The minimum absolute atomic E-state index is 0.0185.